The second kappa shape index (κ2) is 15.5. The number of rotatable bonds is 13. The van der Waals surface area contributed by atoms with Gasteiger partial charge in [-0.2, -0.15) is 4.80 Å². The molecule has 3 rings (SSSR count). The number of nitrogens with one attached hydrogen (secondary N) is 3. The molecule has 3 N–H and O–H groups in total. The van der Waals surface area contributed by atoms with Gasteiger partial charge in [-0.3, -0.25) is 19.2 Å². The number of amides is 3. The van der Waals surface area contributed by atoms with E-state index in [0.29, 0.717) is 5.56 Å². The van der Waals surface area contributed by atoms with Crippen molar-refractivity contribution in [2.75, 3.05) is 7.05 Å². The number of alkyl carbamates (subject to hydrolysis) is 1. The number of aromatic nitrogens is 4. The van der Waals surface area contributed by atoms with Gasteiger partial charge >= 0.3 is 12.1 Å². The van der Waals surface area contributed by atoms with Crippen LogP contribution in [0.25, 0.3) is 11.4 Å². The summed E-state index contributed by atoms with van der Waals surface area (Å²) in [7, 11) is 1.50. The van der Waals surface area contributed by atoms with E-state index in [1.54, 1.807) is 63.2 Å². The lowest BCUT2D eigenvalue weighted by Crippen LogP contribution is -2.48. The Balaban J connectivity index is 1.71. The topological polar surface area (TPSA) is 183 Å². The van der Waals surface area contributed by atoms with E-state index in [1.165, 1.54) is 13.1 Å². The van der Waals surface area contributed by atoms with E-state index in [2.05, 4.69) is 31.4 Å². The van der Waals surface area contributed by atoms with Gasteiger partial charge in [-0.1, -0.05) is 56.3 Å². The summed E-state index contributed by atoms with van der Waals surface area (Å²) < 4.78 is 10.6. The summed E-state index contributed by atoms with van der Waals surface area (Å²) in [6, 6.07) is 13.4. The molecule has 1 unspecified atom stereocenters. The van der Waals surface area contributed by atoms with Crippen LogP contribution in [0.3, 0.4) is 0 Å². The molecule has 0 fully saturated rings. The zero-order chi connectivity index (χ0) is 33.1. The molecule has 14 nitrogen and oxygen atoms in total. The van der Waals surface area contributed by atoms with Crippen molar-refractivity contribution in [3.05, 3.63) is 65.7 Å². The number of ether oxygens (including phenoxy) is 2. The summed E-state index contributed by atoms with van der Waals surface area (Å²) in [5, 5.41) is 19.9. The van der Waals surface area contributed by atoms with Crippen molar-refractivity contribution in [1.82, 2.24) is 36.2 Å². The van der Waals surface area contributed by atoms with Crippen molar-refractivity contribution >= 4 is 29.7 Å². The Hall–Kier alpha value is -5.14. The van der Waals surface area contributed by atoms with Gasteiger partial charge in [-0.25, -0.2) is 4.79 Å². The van der Waals surface area contributed by atoms with Gasteiger partial charge < -0.3 is 25.4 Å². The van der Waals surface area contributed by atoms with Crippen LogP contribution in [0.15, 0.2) is 54.6 Å². The summed E-state index contributed by atoms with van der Waals surface area (Å²) in [5.74, 6) is -2.07. The molecule has 3 aromatic rings. The van der Waals surface area contributed by atoms with Gasteiger partial charge in [0.25, 0.3) is 5.91 Å². The predicted molar refractivity (Wildman–Crippen MR) is 162 cm³/mol. The number of Topliss-reactive ketones (excluding diaryl/α,β-unsaturated/α-hetero) is 1. The average Bonchev–Trinajstić information content (AvgIpc) is 3.46. The van der Waals surface area contributed by atoms with Crippen molar-refractivity contribution in [2.24, 2.45) is 5.92 Å². The summed E-state index contributed by atoms with van der Waals surface area (Å²) >= 11 is 0. The van der Waals surface area contributed by atoms with E-state index < -0.39 is 54.4 Å². The normalized spacial score (nSPS) is 12.5. The van der Waals surface area contributed by atoms with Crippen molar-refractivity contribution in [2.45, 2.75) is 71.9 Å². The Morgan fingerprint density at radius 2 is 1.67 bits per heavy atom. The van der Waals surface area contributed by atoms with Crippen LogP contribution in [0.1, 0.15) is 57.0 Å². The lowest BCUT2D eigenvalue weighted by molar-refractivity contribution is -0.156. The maximum Gasteiger partial charge on any atom is 0.408 e. The van der Waals surface area contributed by atoms with E-state index in [9.17, 15) is 24.0 Å². The third kappa shape index (κ3) is 10.8. The quantitative estimate of drug-likeness (QED) is 0.240. The number of carbonyl (C=O) groups excluding carboxylic acids is 5. The van der Waals surface area contributed by atoms with Crippen LogP contribution in [0.4, 0.5) is 4.79 Å². The number of nitrogens with zero attached hydrogens (tertiary/aromatic N) is 4. The molecule has 3 amide bonds. The summed E-state index contributed by atoms with van der Waals surface area (Å²) in [6.45, 7) is 8.24. The zero-order valence-electron chi connectivity index (χ0n) is 26.2. The number of carbonyl (C=O) groups is 5. The number of benzene rings is 2. The smallest absolute Gasteiger partial charge is 0.408 e. The summed E-state index contributed by atoms with van der Waals surface area (Å²) in [5.41, 5.74) is 0.653. The maximum absolute atomic E-state index is 13.3. The molecular formula is C31H39N7O7. The average molecular weight is 622 g/mol. The highest BCUT2D eigenvalue weighted by Crippen LogP contribution is 2.17. The number of likely N-dealkylation sites (N-methyl/N-ethyl adjacent to an activating group) is 1. The molecule has 14 heteroatoms. The van der Waals surface area contributed by atoms with Gasteiger partial charge in [0, 0.05) is 18.2 Å². The highest BCUT2D eigenvalue weighted by molar-refractivity contribution is 5.98. The van der Waals surface area contributed by atoms with Crippen molar-refractivity contribution in [1.29, 1.82) is 0 Å². The molecule has 0 saturated carbocycles. The zero-order valence-corrected chi connectivity index (χ0v) is 26.2. The van der Waals surface area contributed by atoms with Crippen LogP contribution in [-0.2, 0) is 37.0 Å². The first-order valence-corrected chi connectivity index (χ1v) is 14.4. The fraction of sp³-hybridized carbons (Fsp3) is 0.419. The largest absolute Gasteiger partial charge is 0.460 e. The second-order valence-corrected chi connectivity index (χ2v) is 11.5. The van der Waals surface area contributed by atoms with Crippen LogP contribution in [0.5, 0.6) is 0 Å². The molecule has 240 valence electrons. The highest BCUT2D eigenvalue weighted by atomic mass is 16.6. The molecule has 45 heavy (non-hydrogen) atoms. The lowest BCUT2D eigenvalue weighted by Gasteiger charge is -2.22. The minimum Gasteiger partial charge on any atom is -0.460 e. The van der Waals surface area contributed by atoms with Gasteiger partial charge in [0.1, 0.15) is 30.8 Å². The maximum atomic E-state index is 13.3. The molecule has 0 aliphatic heterocycles. The Kier molecular flexibility index (Phi) is 11.9. The Labute approximate surface area is 261 Å². The fourth-order valence-corrected chi connectivity index (χ4v) is 4.09. The molecular weight excluding hydrogens is 582 g/mol. The third-order valence-electron chi connectivity index (χ3n) is 6.30. The number of ketones is 1. The standard InChI is InChI=1S/C31H39N7O7/c1-19(2)26(29(42)32-6)34-28(41)22-14-10-13-21(15-22)27-35-37-38(36-27)17-24(39)23(16-25(40)45-31(3,4)5)33-30(43)44-18-20-11-8-7-9-12-20/h7-15,19,23,26H,16-18H2,1-6H3,(H,32,42)(H,33,43)(H,34,41)/t23?,26-/m1/s1. The monoisotopic (exact) mass is 621 g/mol. The fourth-order valence-electron chi connectivity index (χ4n) is 4.09. The van der Waals surface area contributed by atoms with Crippen LogP contribution >= 0.6 is 0 Å². The molecule has 0 spiro atoms. The van der Waals surface area contributed by atoms with Gasteiger partial charge in [0.2, 0.25) is 11.7 Å². The molecule has 1 aromatic heterocycles. The lowest BCUT2D eigenvalue weighted by atomic mass is 10.0. The van der Waals surface area contributed by atoms with Crippen LogP contribution in [0, 0.1) is 5.92 Å². The number of esters is 1. The first kappa shape index (κ1) is 34.4. The van der Waals surface area contributed by atoms with Gasteiger partial charge in [0.05, 0.1) is 6.42 Å². The van der Waals surface area contributed by atoms with Crippen LogP contribution in [-0.4, -0.2) is 74.6 Å². The first-order chi connectivity index (χ1) is 21.3. The molecule has 0 radical (unpaired) electrons. The molecule has 0 bridgehead atoms. The minimum absolute atomic E-state index is 0.0327. The van der Waals surface area contributed by atoms with Crippen molar-refractivity contribution < 1.29 is 33.4 Å². The summed E-state index contributed by atoms with van der Waals surface area (Å²) in [4.78, 5) is 64.4. The first-order valence-electron chi connectivity index (χ1n) is 14.4. The SMILES string of the molecule is CNC(=O)[C@H](NC(=O)c1cccc(-c2nnn(CC(=O)C(CC(=O)OC(C)(C)C)NC(=O)OCc3ccccc3)n2)c1)C(C)C. The van der Waals surface area contributed by atoms with Gasteiger partial charge in [0.15, 0.2) is 5.78 Å². The van der Waals surface area contributed by atoms with E-state index in [1.807, 2.05) is 19.9 Å². The number of hydrogen-bond acceptors (Lipinski definition) is 10. The van der Waals surface area contributed by atoms with Gasteiger partial charge in [-0.15, -0.1) is 10.2 Å². The van der Waals surface area contributed by atoms with Crippen molar-refractivity contribution in [3.63, 3.8) is 0 Å². The molecule has 2 aromatic carbocycles. The van der Waals surface area contributed by atoms with Crippen molar-refractivity contribution in [3.8, 4) is 11.4 Å². The predicted octanol–water partition coefficient (Wildman–Crippen LogP) is 2.44. The van der Waals surface area contributed by atoms with Gasteiger partial charge in [-0.05, 0) is 49.6 Å². The van der Waals surface area contributed by atoms with E-state index in [0.717, 1.165) is 10.4 Å². The van der Waals surface area contributed by atoms with Crippen LogP contribution in [0.2, 0.25) is 0 Å². The summed E-state index contributed by atoms with van der Waals surface area (Å²) in [6.07, 6.45) is -1.33. The Bertz CT molecular complexity index is 1500. The van der Waals surface area contributed by atoms with Crippen LogP contribution < -0.4 is 16.0 Å². The number of tetrazole rings is 1. The van der Waals surface area contributed by atoms with E-state index >= 15 is 0 Å². The third-order valence-corrected chi connectivity index (χ3v) is 6.30. The Morgan fingerprint density at radius 1 is 0.956 bits per heavy atom. The molecule has 1 heterocycles. The van der Waals surface area contributed by atoms with E-state index in [-0.39, 0.29) is 29.8 Å². The molecule has 0 aliphatic carbocycles. The second-order valence-electron chi connectivity index (χ2n) is 11.5. The van der Waals surface area contributed by atoms with E-state index in [4.69, 9.17) is 9.47 Å². The Morgan fingerprint density at radius 3 is 2.31 bits per heavy atom. The minimum atomic E-state index is -1.29. The highest BCUT2D eigenvalue weighted by Gasteiger charge is 2.29. The molecule has 2 atom stereocenters. The molecule has 0 aliphatic rings. The number of hydrogen-bond donors (Lipinski definition) is 3. The molecule has 0 saturated heterocycles.